The number of nitrogens with one attached hydrogen (secondary N) is 1. The van der Waals surface area contributed by atoms with Crippen molar-refractivity contribution in [1.29, 1.82) is 0 Å². The number of rotatable bonds is 5. The summed E-state index contributed by atoms with van der Waals surface area (Å²) in [7, 11) is 0. The van der Waals surface area contributed by atoms with Gasteiger partial charge in [0.2, 0.25) is 0 Å². The van der Waals surface area contributed by atoms with Crippen LogP contribution >= 0.6 is 0 Å². The zero-order valence-electron chi connectivity index (χ0n) is 15.0. The first-order valence-corrected chi connectivity index (χ1v) is 9.62. The lowest BCUT2D eigenvalue weighted by Gasteiger charge is -2.38. The van der Waals surface area contributed by atoms with Crippen LogP contribution in [0.4, 0.5) is 5.69 Å². The van der Waals surface area contributed by atoms with Crippen molar-refractivity contribution in [3.63, 3.8) is 0 Å². The van der Waals surface area contributed by atoms with E-state index in [1.54, 1.807) is 0 Å². The number of hydrogen-bond acceptors (Lipinski definition) is 4. The fourth-order valence-electron chi connectivity index (χ4n) is 4.11. The van der Waals surface area contributed by atoms with Gasteiger partial charge in [-0.2, -0.15) is 5.10 Å². The third kappa shape index (κ3) is 4.22. The molecule has 2 saturated heterocycles. The molecule has 2 fully saturated rings. The standard InChI is InChI=1S/C20H29N5/c1-2-4-19(5-3-1)25-16-14-24(15-17-25)13-12-23-10-7-18(8-11-23)20-6-9-21-22-20/h1-6,9,18H,7-8,10-17H2,(H,21,22). The lowest BCUT2D eigenvalue weighted by Crippen LogP contribution is -2.49. The van der Waals surface area contributed by atoms with Gasteiger partial charge >= 0.3 is 0 Å². The van der Waals surface area contributed by atoms with E-state index in [0.29, 0.717) is 5.92 Å². The highest BCUT2D eigenvalue weighted by molar-refractivity contribution is 5.46. The van der Waals surface area contributed by atoms with Gasteiger partial charge in [0.25, 0.3) is 0 Å². The van der Waals surface area contributed by atoms with Crippen molar-refractivity contribution in [1.82, 2.24) is 20.0 Å². The zero-order chi connectivity index (χ0) is 16.9. The molecule has 0 atom stereocenters. The number of nitrogens with zero attached hydrogens (tertiary/aromatic N) is 4. The molecule has 0 spiro atoms. The summed E-state index contributed by atoms with van der Waals surface area (Å²) >= 11 is 0. The van der Waals surface area contributed by atoms with Crippen LogP contribution < -0.4 is 4.90 Å². The van der Waals surface area contributed by atoms with Crippen LogP contribution in [0.3, 0.4) is 0 Å². The van der Waals surface area contributed by atoms with Gasteiger partial charge in [0.05, 0.1) is 0 Å². The van der Waals surface area contributed by atoms with Crippen molar-refractivity contribution in [2.75, 3.05) is 57.3 Å². The van der Waals surface area contributed by atoms with Gasteiger partial charge in [0.15, 0.2) is 0 Å². The molecule has 2 aliphatic heterocycles. The Hall–Kier alpha value is -1.85. The summed E-state index contributed by atoms with van der Waals surface area (Å²) < 4.78 is 0. The van der Waals surface area contributed by atoms with Gasteiger partial charge in [0, 0.05) is 62.8 Å². The van der Waals surface area contributed by atoms with E-state index >= 15 is 0 Å². The van der Waals surface area contributed by atoms with Crippen LogP contribution in [0, 0.1) is 0 Å². The molecule has 0 bridgehead atoms. The molecule has 5 nitrogen and oxygen atoms in total. The van der Waals surface area contributed by atoms with E-state index in [0.717, 1.165) is 13.1 Å². The quantitative estimate of drug-likeness (QED) is 0.908. The second-order valence-corrected chi connectivity index (χ2v) is 7.29. The molecule has 1 N–H and O–H groups in total. The molecule has 0 aliphatic carbocycles. The molecule has 1 aromatic heterocycles. The first kappa shape index (κ1) is 16.6. The van der Waals surface area contributed by atoms with E-state index in [4.69, 9.17) is 0 Å². The van der Waals surface area contributed by atoms with E-state index in [2.05, 4.69) is 61.3 Å². The highest BCUT2D eigenvalue weighted by atomic mass is 15.3. The lowest BCUT2D eigenvalue weighted by molar-refractivity contribution is 0.168. The second kappa shape index (κ2) is 8.02. The SMILES string of the molecule is c1ccc(N2CCN(CCN3CCC(c4ccn[nH]4)CC3)CC2)cc1. The molecule has 1 aromatic carbocycles. The van der Waals surface area contributed by atoms with Crippen LogP contribution in [0.2, 0.25) is 0 Å². The summed E-state index contributed by atoms with van der Waals surface area (Å²) in [6, 6.07) is 12.9. The predicted octanol–water partition coefficient (Wildman–Crippen LogP) is 2.41. The van der Waals surface area contributed by atoms with Gasteiger partial charge in [-0.1, -0.05) is 18.2 Å². The van der Waals surface area contributed by atoms with E-state index in [1.165, 1.54) is 63.5 Å². The van der Waals surface area contributed by atoms with Crippen LogP contribution in [-0.4, -0.2) is 72.4 Å². The van der Waals surface area contributed by atoms with Crippen molar-refractivity contribution in [3.05, 3.63) is 48.3 Å². The molecule has 25 heavy (non-hydrogen) atoms. The third-order valence-corrected chi connectivity index (χ3v) is 5.78. The molecule has 0 amide bonds. The maximum Gasteiger partial charge on any atom is 0.0490 e. The largest absolute Gasteiger partial charge is 0.369 e. The summed E-state index contributed by atoms with van der Waals surface area (Å²) in [4.78, 5) is 7.77. The van der Waals surface area contributed by atoms with E-state index in [-0.39, 0.29) is 0 Å². The Labute approximate surface area is 150 Å². The molecule has 2 aromatic rings. The van der Waals surface area contributed by atoms with Crippen LogP contribution in [-0.2, 0) is 0 Å². The molecule has 5 heteroatoms. The van der Waals surface area contributed by atoms with Crippen LogP contribution in [0.1, 0.15) is 24.5 Å². The fourth-order valence-corrected chi connectivity index (χ4v) is 4.11. The first-order valence-electron chi connectivity index (χ1n) is 9.62. The van der Waals surface area contributed by atoms with Crippen LogP contribution in [0.5, 0.6) is 0 Å². The molecule has 4 rings (SSSR count). The predicted molar refractivity (Wildman–Crippen MR) is 102 cm³/mol. The number of aromatic nitrogens is 2. The third-order valence-electron chi connectivity index (χ3n) is 5.78. The van der Waals surface area contributed by atoms with Crippen molar-refractivity contribution in [2.45, 2.75) is 18.8 Å². The highest BCUT2D eigenvalue weighted by Crippen LogP contribution is 2.26. The van der Waals surface area contributed by atoms with Crippen LogP contribution in [0.15, 0.2) is 42.6 Å². The van der Waals surface area contributed by atoms with Crippen molar-refractivity contribution >= 4 is 5.69 Å². The van der Waals surface area contributed by atoms with Crippen molar-refractivity contribution in [2.24, 2.45) is 0 Å². The Kier molecular flexibility index (Phi) is 5.33. The Balaban J connectivity index is 1.17. The molecule has 0 saturated carbocycles. The molecule has 0 unspecified atom stereocenters. The maximum absolute atomic E-state index is 4.09. The minimum absolute atomic E-state index is 0.674. The summed E-state index contributed by atoms with van der Waals surface area (Å²) in [6.07, 6.45) is 4.38. The van der Waals surface area contributed by atoms with Gasteiger partial charge in [-0.3, -0.25) is 10.00 Å². The normalized spacial score (nSPS) is 20.9. The van der Waals surface area contributed by atoms with E-state index in [9.17, 15) is 0 Å². The van der Waals surface area contributed by atoms with Gasteiger partial charge in [-0.25, -0.2) is 0 Å². The highest BCUT2D eigenvalue weighted by Gasteiger charge is 2.22. The molecule has 2 aliphatic rings. The number of likely N-dealkylation sites (tertiary alicyclic amines) is 1. The average molecular weight is 339 g/mol. The minimum Gasteiger partial charge on any atom is -0.369 e. The number of anilines is 1. The monoisotopic (exact) mass is 339 g/mol. The van der Waals surface area contributed by atoms with Crippen molar-refractivity contribution < 1.29 is 0 Å². The molecular formula is C20H29N5. The van der Waals surface area contributed by atoms with Gasteiger partial charge in [-0.05, 0) is 44.1 Å². The lowest BCUT2D eigenvalue weighted by atomic mass is 9.94. The summed E-state index contributed by atoms with van der Waals surface area (Å²) in [6.45, 7) is 9.50. The zero-order valence-corrected chi connectivity index (χ0v) is 15.0. The number of benzene rings is 1. The number of piperidine rings is 1. The molecule has 0 radical (unpaired) electrons. The summed E-state index contributed by atoms with van der Waals surface area (Å²) in [5.41, 5.74) is 2.68. The van der Waals surface area contributed by atoms with Gasteiger partial charge < -0.3 is 9.80 Å². The smallest absolute Gasteiger partial charge is 0.0490 e. The summed E-state index contributed by atoms with van der Waals surface area (Å²) in [5, 5.41) is 7.23. The van der Waals surface area contributed by atoms with Gasteiger partial charge in [0.1, 0.15) is 0 Å². The number of aromatic amines is 1. The Morgan fingerprint density at radius 3 is 2.16 bits per heavy atom. The Morgan fingerprint density at radius 2 is 1.52 bits per heavy atom. The molecular weight excluding hydrogens is 310 g/mol. The fraction of sp³-hybridized carbons (Fsp3) is 0.550. The second-order valence-electron chi connectivity index (χ2n) is 7.29. The Morgan fingerprint density at radius 1 is 0.840 bits per heavy atom. The Bertz CT molecular complexity index is 611. The minimum atomic E-state index is 0.674. The number of para-hydroxylation sites is 1. The summed E-state index contributed by atoms with van der Waals surface area (Å²) in [5.74, 6) is 0.674. The van der Waals surface area contributed by atoms with E-state index in [1.807, 2.05) is 6.20 Å². The molecule has 3 heterocycles. The molecule has 134 valence electrons. The topological polar surface area (TPSA) is 38.4 Å². The van der Waals surface area contributed by atoms with Crippen molar-refractivity contribution in [3.8, 4) is 0 Å². The average Bonchev–Trinajstić information content (AvgIpc) is 3.23. The number of H-pyrrole nitrogens is 1. The number of hydrogen-bond donors (Lipinski definition) is 1. The van der Waals surface area contributed by atoms with Gasteiger partial charge in [-0.15, -0.1) is 0 Å². The van der Waals surface area contributed by atoms with Crippen LogP contribution in [0.25, 0.3) is 0 Å². The number of piperazine rings is 1. The maximum atomic E-state index is 4.09. The van der Waals surface area contributed by atoms with E-state index < -0.39 is 0 Å². The first-order chi connectivity index (χ1) is 12.4.